The van der Waals surface area contributed by atoms with Gasteiger partial charge in [0.25, 0.3) is 0 Å². The summed E-state index contributed by atoms with van der Waals surface area (Å²) in [5, 5.41) is 0. The van der Waals surface area contributed by atoms with Gasteiger partial charge in [-0.05, 0) is 13.0 Å². The Morgan fingerprint density at radius 3 is 2.21 bits per heavy atom. The van der Waals surface area contributed by atoms with Crippen LogP contribution in [0.3, 0.4) is 0 Å². The zero-order valence-electron chi connectivity index (χ0n) is 8.22. The molecule has 0 N–H and O–H groups in total. The van der Waals surface area contributed by atoms with Gasteiger partial charge in [0, 0.05) is 5.69 Å². The molecule has 7 heteroatoms. The summed E-state index contributed by atoms with van der Waals surface area (Å²) in [5.41, 5.74) is -0.715. The van der Waals surface area contributed by atoms with Crippen molar-refractivity contribution in [1.29, 1.82) is 0 Å². The maximum Gasteiger partial charge on any atom is 1.00 e. The topological polar surface area (TPSA) is 22.1 Å². The maximum atomic E-state index is 12.3. The first-order valence-electron chi connectivity index (χ1n) is 3.66. The van der Waals surface area contributed by atoms with Crippen LogP contribution in [-0.2, 0) is 0 Å². The zero-order chi connectivity index (χ0) is 10.1. The largest absolute Gasteiger partial charge is 1.00 e. The summed E-state index contributed by atoms with van der Waals surface area (Å²) in [6.45, 7) is -3.66. The van der Waals surface area contributed by atoms with Crippen LogP contribution in [0, 0.1) is 6.92 Å². The number of halogens is 3. The molecule has 0 aliphatic rings. The van der Waals surface area contributed by atoms with Crippen molar-refractivity contribution < 1.29 is 69.1 Å². The molecule has 0 atom stereocenters. The monoisotopic (exact) mass is 229 g/mol. The summed E-state index contributed by atoms with van der Waals surface area (Å²) in [5.74, 6) is 0.196. The summed E-state index contributed by atoms with van der Waals surface area (Å²) in [7, 11) is 1.36. The first-order chi connectivity index (χ1) is 5.95. The van der Waals surface area contributed by atoms with Crippen LogP contribution in [0.5, 0.6) is 5.88 Å². The van der Waals surface area contributed by atoms with Crippen molar-refractivity contribution in [3.8, 4) is 5.88 Å². The third kappa shape index (κ3) is 3.54. The second-order valence-electron chi connectivity index (χ2n) is 2.60. The average molecular weight is 229 g/mol. The minimum Gasteiger partial charge on any atom is -0.481 e. The Morgan fingerprint density at radius 1 is 1.29 bits per heavy atom. The van der Waals surface area contributed by atoms with Gasteiger partial charge in [-0.15, -0.1) is 0 Å². The predicted octanol–water partition coefficient (Wildman–Crippen LogP) is -1.54. The number of hydrogen-bond acceptors (Lipinski definition) is 2. The summed E-state index contributed by atoms with van der Waals surface area (Å²) in [4.78, 5) is 3.63. The van der Waals surface area contributed by atoms with Gasteiger partial charge in [0.2, 0.25) is 5.88 Å². The van der Waals surface area contributed by atoms with E-state index in [0.29, 0.717) is 0 Å². The van der Waals surface area contributed by atoms with E-state index in [4.69, 9.17) is 4.74 Å². The van der Waals surface area contributed by atoms with Gasteiger partial charge >= 0.3 is 58.4 Å². The predicted molar refractivity (Wildman–Crippen MR) is 44.2 cm³/mol. The van der Waals surface area contributed by atoms with Crippen LogP contribution in [0.4, 0.5) is 12.9 Å². The summed E-state index contributed by atoms with van der Waals surface area (Å²) in [6.07, 6.45) is 0. The number of aryl methyl sites for hydroxylation is 1. The first kappa shape index (κ1) is 14.4. The van der Waals surface area contributed by atoms with Gasteiger partial charge in [-0.1, -0.05) is 11.5 Å². The second kappa shape index (κ2) is 5.50. The van der Waals surface area contributed by atoms with Crippen molar-refractivity contribution in [1.82, 2.24) is 4.98 Å². The number of rotatable bonds is 2. The van der Waals surface area contributed by atoms with E-state index < -0.39 is 12.4 Å². The van der Waals surface area contributed by atoms with Crippen LogP contribution in [0.1, 0.15) is 5.69 Å². The molecule has 1 heterocycles. The van der Waals surface area contributed by atoms with Crippen LogP contribution in [-0.4, -0.2) is 19.1 Å². The Hall–Kier alpha value is 0.441. The average Bonchev–Trinajstić information content (AvgIpc) is 2.01. The quantitative estimate of drug-likeness (QED) is 0.573. The second-order valence-corrected chi connectivity index (χ2v) is 2.60. The fourth-order valence-electron chi connectivity index (χ4n) is 1.01. The van der Waals surface area contributed by atoms with E-state index in [0.717, 1.165) is 6.07 Å². The molecule has 0 spiro atoms. The van der Waals surface area contributed by atoms with Gasteiger partial charge in [-0.2, -0.15) is 0 Å². The Bertz CT molecular complexity index is 318. The maximum absolute atomic E-state index is 12.3. The van der Waals surface area contributed by atoms with Gasteiger partial charge in [-0.3, -0.25) is 0 Å². The molecule has 0 fully saturated rings. The van der Waals surface area contributed by atoms with E-state index in [2.05, 4.69) is 4.98 Å². The van der Waals surface area contributed by atoms with Crippen molar-refractivity contribution in [2.24, 2.45) is 0 Å². The van der Waals surface area contributed by atoms with Gasteiger partial charge in [-0.25, -0.2) is 4.98 Å². The van der Waals surface area contributed by atoms with E-state index in [1.807, 2.05) is 0 Å². The molecule has 72 valence electrons. The molecule has 0 unspecified atom stereocenters. The molecule has 0 aliphatic carbocycles. The van der Waals surface area contributed by atoms with Crippen molar-refractivity contribution in [3.63, 3.8) is 0 Å². The number of methoxy groups -OCH3 is 1. The summed E-state index contributed by atoms with van der Waals surface area (Å²) < 4.78 is 41.5. The Balaban J connectivity index is 0.00000169. The molecule has 0 bridgehead atoms. The number of ether oxygens (including phenoxy) is 1. The van der Waals surface area contributed by atoms with Gasteiger partial charge in [0.1, 0.15) is 0 Å². The van der Waals surface area contributed by atoms with E-state index >= 15 is 0 Å². The number of hydrogen-bond donors (Lipinski definition) is 0. The molecular weight excluding hydrogens is 221 g/mol. The molecule has 14 heavy (non-hydrogen) atoms. The van der Waals surface area contributed by atoms with Crippen LogP contribution in [0.2, 0.25) is 0 Å². The fraction of sp³-hybridized carbons (Fsp3) is 0.286. The van der Waals surface area contributed by atoms with Crippen molar-refractivity contribution in [2.75, 3.05) is 7.11 Å². The molecule has 1 aromatic rings. The summed E-state index contributed by atoms with van der Waals surface area (Å²) >= 11 is 0. The molecule has 0 saturated heterocycles. The standard InChI is InChI=1S/C7H8BF3NO.K/c1-5-6(8(9,10)11)3-4-7(12-5)13-2;/h3-4H,1-2H3;/q-1;+1. The molecule has 0 radical (unpaired) electrons. The van der Waals surface area contributed by atoms with E-state index in [9.17, 15) is 12.9 Å². The smallest absolute Gasteiger partial charge is 0.481 e. The normalized spacial score (nSPS) is 10.6. The van der Waals surface area contributed by atoms with Gasteiger partial charge in [0.05, 0.1) is 7.11 Å². The minimum absolute atomic E-state index is 0. The minimum atomic E-state index is -4.97. The van der Waals surface area contributed by atoms with E-state index in [1.54, 1.807) is 0 Å². The molecule has 0 aliphatic heterocycles. The first-order valence-corrected chi connectivity index (χ1v) is 3.66. The third-order valence-corrected chi connectivity index (χ3v) is 1.66. The number of pyridine rings is 1. The SMILES string of the molecule is COc1ccc([B-](F)(F)F)c(C)n1.[K+]. The molecular formula is C7H8BF3KNO. The van der Waals surface area contributed by atoms with Crippen LogP contribution in [0.25, 0.3) is 0 Å². The van der Waals surface area contributed by atoms with Crippen LogP contribution in [0.15, 0.2) is 12.1 Å². The molecule has 0 amide bonds. The zero-order valence-corrected chi connectivity index (χ0v) is 11.3. The molecule has 2 nitrogen and oxygen atoms in total. The van der Waals surface area contributed by atoms with Crippen LogP contribution < -0.4 is 61.6 Å². The molecule has 0 aromatic carbocycles. The van der Waals surface area contributed by atoms with Crippen molar-refractivity contribution >= 4 is 12.4 Å². The number of nitrogens with zero attached hydrogens (tertiary/aromatic N) is 1. The Morgan fingerprint density at radius 2 is 1.86 bits per heavy atom. The van der Waals surface area contributed by atoms with E-state index in [-0.39, 0.29) is 63.0 Å². The fourth-order valence-corrected chi connectivity index (χ4v) is 1.01. The van der Waals surface area contributed by atoms with Crippen molar-refractivity contribution in [2.45, 2.75) is 6.92 Å². The van der Waals surface area contributed by atoms with E-state index in [1.165, 1.54) is 20.1 Å². The van der Waals surface area contributed by atoms with Crippen molar-refractivity contribution in [3.05, 3.63) is 17.8 Å². The Labute approximate surface area is 123 Å². The number of aromatic nitrogens is 1. The van der Waals surface area contributed by atoms with Gasteiger partial charge in [0.15, 0.2) is 0 Å². The third-order valence-electron chi connectivity index (χ3n) is 1.66. The molecule has 1 aromatic heterocycles. The van der Waals surface area contributed by atoms with Crippen LogP contribution >= 0.6 is 0 Å². The Kier molecular flexibility index (Phi) is 5.68. The van der Waals surface area contributed by atoms with Gasteiger partial charge < -0.3 is 17.7 Å². The summed E-state index contributed by atoms with van der Waals surface area (Å²) in [6, 6.07) is 2.19. The molecule has 0 saturated carbocycles. The molecule has 1 rings (SSSR count).